The summed E-state index contributed by atoms with van der Waals surface area (Å²) in [5, 5.41) is 0. The molecule has 0 atom stereocenters. The van der Waals surface area contributed by atoms with Gasteiger partial charge >= 0.3 is 7.82 Å². The normalized spacial score (nSPS) is 11.4. The lowest BCUT2D eigenvalue weighted by atomic mass is 10.2. The number of hydrogen-bond donors (Lipinski definition) is 0. The second-order valence-corrected chi connectivity index (χ2v) is 13.4. The average Bonchev–Trinajstić information content (AvgIpc) is 2.68. The largest absolute Gasteiger partial charge is 0.647 e. The first kappa shape index (κ1) is 26.8. The van der Waals surface area contributed by atoms with Gasteiger partial charge in [0.25, 0.3) is 0 Å². The van der Waals surface area contributed by atoms with Gasteiger partial charge in [0, 0.05) is 26.8 Å². The molecule has 0 aliphatic rings. The summed E-state index contributed by atoms with van der Waals surface area (Å²) in [6.45, 7) is 5.54. The zero-order valence-electron chi connectivity index (χ0n) is 16.8. The van der Waals surface area contributed by atoms with Crippen LogP contribution in [-0.4, -0.2) is 0 Å². The van der Waals surface area contributed by atoms with Crippen LogP contribution in [0.3, 0.4) is 0 Å². The Morgan fingerprint density at radius 2 is 0.719 bits per heavy atom. The number of benzene rings is 3. The highest BCUT2D eigenvalue weighted by Crippen LogP contribution is 2.53. The van der Waals surface area contributed by atoms with Gasteiger partial charge in [-0.3, -0.25) is 0 Å². The molecule has 0 saturated heterocycles. The standard InChI is InChI=1S/C21H15Br6O4P/c1-10-4-13(22)16(25)7-19(10)29-32(28,30-20-8-17(26)14(23)5-11(20)2)31-21-9-18(27)15(24)6-12(21)3/h4-9H,1-3H3. The maximum atomic E-state index is 14.0. The molecule has 0 saturated carbocycles. The van der Waals surface area contributed by atoms with Crippen LogP contribution in [-0.2, 0) is 4.57 Å². The van der Waals surface area contributed by atoms with Gasteiger partial charge in [-0.15, -0.1) is 0 Å². The summed E-state index contributed by atoms with van der Waals surface area (Å²) in [6, 6.07) is 10.7. The van der Waals surface area contributed by atoms with Gasteiger partial charge in [0.15, 0.2) is 0 Å². The highest BCUT2D eigenvalue weighted by Gasteiger charge is 2.35. The molecule has 3 rings (SSSR count). The van der Waals surface area contributed by atoms with E-state index in [0.717, 1.165) is 43.5 Å². The van der Waals surface area contributed by atoms with Gasteiger partial charge in [0.05, 0.1) is 0 Å². The maximum Gasteiger partial charge on any atom is 0.647 e. The monoisotopic (exact) mass is 836 g/mol. The minimum Gasteiger partial charge on any atom is -0.386 e. The fourth-order valence-corrected chi connectivity index (χ4v) is 6.36. The summed E-state index contributed by atoms with van der Waals surface area (Å²) in [6.07, 6.45) is 0. The smallest absolute Gasteiger partial charge is 0.386 e. The van der Waals surface area contributed by atoms with Crippen molar-refractivity contribution in [3.8, 4) is 17.2 Å². The third-order valence-corrected chi connectivity index (χ3v) is 11.1. The van der Waals surface area contributed by atoms with Crippen molar-refractivity contribution < 1.29 is 18.1 Å². The first-order chi connectivity index (χ1) is 14.9. The lowest BCUT2D eigenvalue weighted by Crippen LogP contribution is -2.09. The third-order valence-electron chi connectivity index (χ3n) is 4.28. The quantitative estimate of drug-likeness (QED) is 0.232. The number of rotatable bonds is 6. The zero-order chi connectivity index (χ0) is 23.8. The third kappa shape index (κ3) is 6.43. The molecule has 11 heteroatoms. The Hall–Kier alpha value is 0.170. The number of hydrogen-bond acceptors (Lipinski definition) is 4. The number of halogens is 6. The Morgan fingerprint density at radius 1 is 0.500 bits per heavy atom. The molecular weight excluding hydrogens is 827 g/mol. The van der Waals surface area contributed by atoms with E-state index in [9.17, 15) is 4.57 Å². The Kier molecular flexibility index (Phi) is 9.06. The van der Waals surface area contributed by atoms with Crippen LogP contribution in [0.1, 0.15) is 16.7 Å². The van der Waals surface area contributed by atoms with Crippen molar-refractivity contribution in [3.63, 3.8) is 0 Å². The molecule has 0 fully saturated rings. The Balaban J connectivity index is 2.08. The lowest BCUT2D eigenvalue weighted by molar-refractivity contribution is 0.296. The average molecular weight is 842 g/mol. The number of phosphoric ester groups is 1. The molecule has 32 heavy (non-hydrogen) atoms. The molecular formula is C21H15Br6O4P. The van der Waals surface area contributed by atoms with E-state index in [-0.39, 0.29) is 0 Å². The van der Waals surface area contributed by atoms with Crippen molar-refractivity contribution in [3.05, 3.63) is 79.9 Å². The summed E-state index contributed by atoms with van der Waals surface area (Å²) in [5.41, 5.74) is 2.28. The first-order valence-electron chi connectivity index (χ1n) is 8.94. The molecule has 0 spiro atoms. The van der Waals surface area contributed by atoms with E-state index >= 15 is 0 Å². The molecule has 0 aliphatic heterocycles. The van der Waals surface area contributed by atoms with E-state index < -0.39 is 7.82 Å². The summed E-state index contributed by atoms with van der Waals surface area (Å²) < 4.78 is 36.6. The minimum absolute atomic E-state index is 0.367. The molecule has 0 amide bonds. The highest BCUT2D eigenvalue weighted by molar-refractivity contribution is 9.13. The molecule has 0 aliphatic carbocycles. The first-order valence-corrected chi connectivity index (χ1v) is 15.2. The molecule has 0 radical (unpaired) electrons. The van der Waals surface area contributed by atoms with Crippen molar-refractivity contribution >= 4 is 103 Å². The molecule has 0 aromatic heterocycles. The van der Waals surface area contributed by atoms with E-state index in [1.807, 2.05) is 39.0 Å². The fraction of sp³-hybridized carbons (Fsp3) is 0.143. The van der Waals surface area contributed by atoms with Crippen molar-refractivity contribution in [2.45, 2.75) is 20.8 Å². The van der Waals surface area contributed by atoms with E-state index in [4.69, 9.17) is 13.6 Å². The Bertz CT molecular complexity index is 1100. The lowest BCUT2D eigenvalue weighted by Gasteiger charge is -2.22. The summed E-state index contributed by atoms with van der Waals surface area (Å²) in [5.74, 6) is 1.10. The predicted octanol–water partition coefficient (Wildman–Crippen LogP) is 10.8. The number of phosphoric acid groups is 1. The van der Waals surface area contributed by atoms with Gasteiger partial charge in [-0.2, -0.15) is 4.57 Å². The Morgan fingerprint density at radius 3 is 0.969 bits per heavy atom. The second-order valence-electron chi connectivity index (χ2n) is 6.82. The topological polar surface area (TPSA) is 44.8 Å². The van der Waals surface area contributed by atoms with E-state index in [1.54, 1.807) is 18.2 Å². The van der Waals surface area contributed by atoms with E-state index in [0.29, 0.717) is 17.2 Å². The molecule has 4 nitrogen and oxygen atoms in total. The SMILES string of the molecule is Cc1cc(Br)c(Br)cc1OP(=O)(Oc1cc(Br)c(Br)cc1C)Oc1cc(Br)c(Br)cc1C. The van der Waals surface area contributed by atoms with Gasteiger partial charge in [0.1, 0.15) is 17.2 Å². The summed E-state index contributed by atoms with van der Waals surface area (Å²) >= 11 is 20.8. The van der Waals surface area contributed by atoms with Crippen molar-refractivity contribution in [1.29, 1.82) is 0 Å². The van der Waals surface area contributed by atoms with Crippen LogP contribution < -0.4 is 13.6 Å². The molecule has 0 heterocycles. The van der Waals surface area contributed by atoms with Gasteiger partial charge in [-0.25, -0.2) is 0 Å². The summed E-state index contributed by atoms with van der Waals surface area (Å²) in [4.78, 5) is 0. The van der Waals surface area contributed by atoms with Crippen molar-refractivity contribution in [1.82, 2.24) is 0 Å². The van der Waals surface area contributed by atoms with Gasteiger partial charge in [0.2, 0.25) is 0 Å². The highest BCUT2D eigenvalue weighted by atomic mass is 79.9. The van der Waals surface area contributed by atoms with Crippen LogP contribution in [0, 0.1) is 20.8 Å². The molecule has 3 aromatic rings. The molecule has 0 bridgehead atoms. The van der Waals surface area contributed by atoms with Crippen LogP contribution in [0.15, 0.2) is 63.2 Å². The van der Waals surface area contributed by atoms with Crippen LogP contribution in [0.4, 0.5) is 0 Å². The van der Waals surface area contributed by atoms with Crippen LogP contribution in [0.25, 0.3) is 0 Å². The van der Waals surface area contributed by atoms with Gasteiger partial charge < -0.3 is 13.6 Å². The van der Waals surface area contributed by atoms with Gasteiger partial charge in [-0.1, -0.05) is 0 Å². The minimum atomic E-state index is -4.18. The van der Waals surface area contributed by atoms with Crippen LogP contribution in [0.2, 0.25) is 0 Å². The van der Waals surface area contributed by atoms with E-state index in [1.165, 1.54) is 0 Å². The number of aryl methyl sites for hydroxylation is 3. The fourth-order valence-electron chi connectivity index (χ4n) is 2.60. The summed E-state index contributed by atoms with van der Waals surface area (Å²) in [7, 11) is -4.18. The van der Waals surface area contributed by atoms with E-state index in [2.05, 4.69) is 95.6 Å². The van der Waals surface area contributed by atoms with Crippen molar-refractivity contribution in [2.75, 3.05) is 0 Å². The zero-order valence-corrected chi connectivity index (χ0v) is 27.2. The molecule has 0 unspecified atom stereocenters. The molecule has 170 valence electrons. The second kappa shape index (κ2) is 10.8. The van der Waals surface area contributed by atoms with Crippen LogP contribution >= 0.6 is 103 Å². The maximum absolute atomic E-state index is 14.0. The van der Waals surface area contributed by atoms with Crippen molar-refractivity contribution in [2.24, 2.45) is 0 Å². The predicted molar refractivity (Wildman–Crippen MR) is 149 cm³/mol. The van der Waals surface area contributed by atoms with Crippen LogP contribution in [0.5, 0.6) is 17.2 Å². The molecule has 0 N–H and O–H groups in total. The Labute approximate surface area is 237 Å². The molecule has 3 aromatic carbocycles. The van der Waals surface area contributed by atoms with Gasteiger partial charge in [-0.05, 0) is 169 Å².